The molecule has 0 bridgehead atoms. The average Bonchev–Trinajstić information content (AvgIpc) is 3.20. The van der Waals surface area contributed by atoms with E-state index in [0.29, 0.717) is 30.4 Å². The Morgan fingerprint density at radius 2 is 2.04 bits per heavy atom. The lowest BCUT2D eigenvalue weighted by Crippen LogP contribution is -2.38. The van der Waals surface area contributed by atoms with Crippen molar-refractivity contribution in [1.29, 1.82) is 0 Å². The van der Waals surface area contributed by atoms with Crippen LogP contribution in [0.4, 0.5) is 0 Å². The first kappa shape index (κ1) is 17.9. The van der Waals surface area contributed by atoms with E-state index in [9.17, 15) is 4.79 Å². The summed E-state index contributed by atoms with van der Waals surface area (Å²) in [6.07, 6.45) is 3.12. The van der Waals surface area contributed by atoms with Crippen LogP contribution in [0.15, 0.2) is 10.7 Å². The zero-order chi connectivity index (χ0) is 19.1. The van der Waals surface area contributed by atoms with Crippen LogP contribution in [0.5, 0.6) is 0 Å². The Morgan fingerprint density at radius 1 is 1.30 bits per heavy atom. The molecule has 0 unspecified atom stereocenters. The Labute approximate surface area is 157 Å². The second-order valence-electron chi connectivity index (χ2n) is 7.56. The summed E-state index contributed by atoms with van der Waals surface area (Å²) in [5, 5.41) is 8.62. The van der Waals surface area contributed by atoms with Gasteiger partial charge in [0.15, 0.2) is 11.5 Å². The third kappa shape index (κ3) is 3.18. The lowest BCUT2D eigenvalue weighted by atomic mass is 9.97. The van der Waals surface area contributed by atoms with Gasteiger partial charge >= 0.3 is 0 Å². The summed E-state index contributed by atoms with van der Waals surface area (Å²) < 4.78 is 12.7. The van der Waals surface area contributed by atoms with Gasteiger partial charge in [0.25, 0.3) is 0 Å². The number of hydrogen-bond donors (Lipinski definition) is 1. The Morgan fingerprint density at radius 3 is 2.74 bits per heavy atom. The lowest BCUT2D eigenvalue weighted by Gasteiger charge is -2.25. The molecule has 8 heteroatoms. The molecule has 0 saturated carbocycles. The van der Waals surface area contributed by atoms with Gasteiger partial charge in [-0.15, -0.1) is 5.10 Å². The van der Waals surface area contributed by atoms with Gasteiger partial charge in [-0.25, -0.2) is 14.5 Å². The number of carbonyl (C=O) groups is 1. The van der Waals surface area contributed by atoms with E-state index in [1.165, 1.54) is 0 Å². The molecule has 1 saturated heterocycles. The second kappa shape index (κ2) is 6.92. The molecule has 4 rings (SSSR count). The summed E-state index contributed by atoms with van der Waals surface area (Å²) in [7, 11) is 0. The van der Waals surface area contributed by atoms with Gasteiger partial charge in [0.1, 0.15) is 12.1 Å². The smallest absolute Gasteiger partial charge is 0.231 e. The third-order valence-corrected chi connectivity index (χ3v) is 5.36. The summed E-state index contributed by atoms with van der Waals surface area (Å²) in [6, 6.07) is -0.261. The first-order chi connectivity index (χ1) is 13.0. The van der Waals surface area contributed by atoms with Crippen molar-refractivity contribution in [2.45, 2.75) is 46.6 Å². The lowest BCUT2D eigenvalue weighted by molar-refractivity contribution is -0.129. The summed E-state index contributed by atoms with van der Waals surface area (Å²) in [5.74, 6) is 1.61. The number of aromatic nitrogens is 4. The van der Waals surface area contributed by atoms with Gasteiger partial charge in [-0.05, 0) is 32.6 Å². The molecule has 1 amide bonds. The average molecular weight is 371 g/mol. The number of amides is 1. The van der Waals surface area contributed by atoms with E-state index < -0.39 is 0 Å². The van der Waals surface area contributed by atoms with E-state index in [1.54, 1.807) is 10.8 Å². The van der Waals surface area contributed by atoms with Crippen LogP contribution < -0.4 is 5.32 Å². The largest absolute Gasteiger partial charge is 0.443 e. The fraction of sp³-hybridized carbons (Fsp3) is 0.579. The molecule has 27 heavy (non-hydrogen) atoms. The maximum absolute atomic E-state index is 12.7. The van der Waals surface area contributed by atoms with Gasteiger partial charge in [-0.2, -0.15) is 0 Å². The predicted octanol–water partition coefficient (Wildman–Crippen LogP) is 2.73. The van der Waals surface area contributed by atoms with Crippen molar-refractivity contribution in [2.75, 3.05) is 13.2 Å². The highest BCUT2D eigenvalue weighted by Crippen LogP contribution is 2.28. The number of nitrogens with one attached hydrogen (secondary N) is 1. The highest BCUT2D eigenvalue weighted by atomic mass is 16.5. The van der Waals surface area contributed by atoms with Gasteiger partial charge in [-0.1, -0.05) is 13.8 Å². The Kier molecular flexibility index (Phi) is 4.59. The topological polar surface area (TPSA) is 94.6 Å². The van der Waals surface area contributed by atoms with Crippen molar-refractivity contribution in [3.63, 3.8) is 0 Å². The Bertz CT molecular complexity index is 984. The van der Waals surface area contributed by atoms with Gasteiger partial charge < -0.3 is 14.5 Å². The number of fused-ring (bicyclic) bond motifs is 3. The molecule has 1 fully saturated rings. The number of nitrogens with zero attached hydrogens (tertiary/aromatic N) is 4. The standard InChI is InChI=1S/C19H25N5O3/c1-10(2)15(21-18(25)13-5-7-26-8-6-13)16-22-17-14-11(3)12(4)27-19(14)20-9-24(17)23-16/h9-10,13,15H,5-8H2,1-4H3,(H,21,25)/t15-/m0/s1. The van der Waals surface area contributed by atoms with E-state index in [2.05, 4.69) is 29.2 Å². The van der Waals surface area contributed by atoms with Crippen LogP contribution >= 0.6 is 0 Å². The fourth-order valence-electron chi connectivity index (χ4n) is 3.55. The molecule has 0 spiro atoms. The van der Waals surface area contributed by atoms with E-state index in [1.807, 2.05) is 13.8 Å². The molecule has 3 aromatic heterocycles. The van der Waals surface area contributed by atoms with Crippen LogP contribution in [0.1, 0.15) is 49.9 Å². The van der Waals surface area contributed by atoms with Crippen molar-refractivity contribution in [3.05, 3.63) is 23.5 Å². The molecule has 4 heterocycles. The van der Waals surface area contributed by atoms with Crippen LogP contribution in [0.3, 0.4) is 0 Å². The van der Waals surface area contributed by atoms with Crippen molar-refractivity contribution >= 4 is 22.7 Å². The highest BCUT2D eigenvalue weighted by Gasteiger charge is 2.28. The van der Waals surface area contributed by atoms with Crippen molar-refractivity contribution < 1.29 is 13.9 Å². The van der Waals surface area contributed by atoms with Gasteiger partial charge in [-0.3, -0.25) is 4.79 Å². The molecule has 0 aromatic carbocycles. The summed E-state index contributed by atoms with van der Waals surface area (Å²) >= 11 is 0. The highest BCUT2D eigenvalue weighted by molar-refractivity contribution is 5.91. The SMILES string of the molecule is Cc1oc2ncn3nc([C@@H](NC(=O)C4CCOCC4)C(C)C)nc3c2c1C. The normalized spacial score (nSPS) is 17.1. The van der Waals surface area contributed by atoms with Crippen LogP contribution in [-0.2, 0) is 9.53 Å². The third-order valence-electron chi connectivity index (χ3n) is 5.36. The van der Waals surface area contributed by atoms with Crippen molar-refractivity contribution in [3.8, 4) is 0 Å². The summed E-state index contributed by atoms with van der Waals surface area (Å²) in [4.78, 5) is 21.8. The minimum Gasteiger partial charge on any atom is -0.443 e. The molecular formula is C19H25N5O3. The number of aryl methyl sites for hydroxylation is 2. The Balaban J connectivity index is 1.69. The monoisotopic (exact) mass is 371 g/mol. The van der Waals surface area contributed by atoms with Crippen molar-refractivity contribution in [1.82, 2.24) is 24.9 Å². The van der Waals surface area contributed by atoms with Crippen molar-refractivity contribution in [2.24, 2.45) is 11.8 Å². The molecular weight excluding hydrogens is 346 g/mol. The quantitative estimate of drug-likeness (QED) is 0.758. The van der Waals surface area contributed by atoms with Gasteiger partial charge in [0, 0.05) is 24.7 Å². The van der Waals surface area contributed by atoms with Gasteiger partial charge in [0.05, 0.1) is 11.4 Å². The first-order valence-electron chi connectivity index (χ1n) is 9.44. The maximum atomic E-state index is 12.7. The van der Waals surface area contributed by atoms with E-state index in [0.717, 1.165) is 29.6 Å². The molecule has 1 aliphatic rings. The van der Waals surface area contributed by atoms with Crippen LogP contribution in [0.2, 0.25) is 0 Å². The zero-order valence-corrected chi connectivity index (χ0v) is 16.2. The maximum Gasteiger partial charge on any atom is 0.231 e. The predicted molar refractivity (Wildman–Crippen MR) is 99.3 cm³/mol. The number of ether oxygens (including phenoxy) is 1. The molecule has 8 nitrogen and oxygen atoms in total. The Hall–Kier alpha value is -2.48. The van der Waals surface area contributed by atoms with E-state index in [-0.39, 0.29) is 23.8 Å². The van der Waals surface area contributed by atoms with Crippen LogP contribution in [0, 0.1) is 25.7 Å². The molecule has 1 aliphatic heterocycles. The number of rotatable bonds is 4. The van der Waals surface area contributed by atoms with Crippen LogP contribution in [-0.4, -0.2) is 38.7 Å². The minimum atomic E-state index is -0.261. The van der Waals surface area contributed by atoms with Crippen LogP contribution in [0.25, 0.3) is 16.7 Å². The molecule has 144 valence electrons. The zero-order valence-electron chi connectivity index (χ0n) is 16.2. The molecule has 0 aliphatic carbocycles. The molecule has 1 atom stereocenters. The van der Waals surface area contributed by atoms with Gasteiger partial charge in [0.2, 0.25) is 11.6 Å². The number of furan rings is 1. The first-order valence-corrected chi connectivity index (χ1v) is 9.44. The number of carbonyl (C=O) groups excluding carboxylic acids is 1. The second-order valence-corrected chi connectivity index (χ2v) is 7.56. The molecule has 1 N–H and O–H groups in total. The summed E-state index contributed by atoms with van der Waals surface area (Å²) in [6.45, 7) is 9.29. The molecule has 3 aromatic rings. The summed E-state index contributed by atoms with van der Waals surface area (Å²) in [5.41, 5.74) is 2.27. The minimum absolute atomic E-state index is 0.0100. The molecule has 0 radical (unpaired) electrons. The number of hydrogen-bond acceptors (Lipinski definition) is 6. The van der Waals surface area contributed by atoms with E-state index in [4.69, 9.17) is 14.1 Å². The fourth-order valence-corrected chi connectivity index (χ4v) is 3.55. The van der Waals surface area contributed by atoms with E-state index >= 15 is 0 Å².